The monoisotopic (exact) mass is 355 g/mol. The van der Waals surface area contributed by atoms with E-state index < -0.39 is 0 Å². The van der Waals surface area contributed by atoms with Gasteiger partial charge in [0.05, 0.1) is 12.2 Å². The van der Waals surface area contributed by atoms with Gasteiger partial charge in [0, 0.05) is 16.6 Å². The second-order valence-electron chi connectivity index (χ2n) is 4.85. The maximum absolute atomic E-state index is 6.17. The second-order valence-corrected chi connectivity index (χ2v) is 6.00. The molecule has 1 aromatic carbocycles. The molecule has 2 aromatic rings. The van der Waals surface area contributed by atoms with Gasteiger partial charge in [-0.25, -0.2) is 4.98 Å². The third-order valence-corrected chi connectivity index (χ3v) is 4.56. The summed E-state index contributed by atoms with van der Waals surface area (Å²) in [5.41, 5.74) is 3.20. The lowest BCUT2D eigenvalue weighted by Gasteiger charge is -2.09. The summed E-state index contributed by atoms with van der Waals surface area (Å²) in [5, 5.41) is 3.94. The van der Waals surface area contributed by atoms with E-state index >= 15 is 0 Å². The Morgan fingerprint density at radius 1 is 1.40 bits per heavy atom. The smallest absolute Gasteiger partial charge is 0.152 e. The third-order valence-electron chi connectivity index (χ3n) is 3.19. The molecule has 1 heterocycles. The molecule has 0 amide bonds. The molecule has 2 N–H and O–H groups in total. The number of hydrogen-bond acceptors (Lipinski definition) is 2. The Hall–Kier alpha value is -1.000. The first-order valence-corrected chi connectivity index (χ1v) is 8.01. The highest BCUT2D eigenvalue weighted by molar-refractivity contribution is 9.10. The zero-order chi connectivity index (χ0) is 14.5. The van der Waals surface area contributed by atoms with Gasteiger partial charge < -0.3 is 10.3 Å². The molecule has 0 atom stereocenters. The molecule has 0 saturated carbocycles. The van der Waals surface area contributed by atoms with E-state index in [-0.39, 0.29) is 0 Å². The van der Waals surface area contributed by atoms with Crippen molar-refractivity contribution in [3.05, 3.63) is 44.9 Å². The number of aromatic amines is 1. The van der Waals surface area contributed by atoms with Gasteiger partial charge in [-0.1, -0.05) is 37.1 Å². The van der Waals surface area contributed by atoms with Crippen molar-refractivity contribution in [1.29, 1.82) is 0 Å². The van der Waals surface area contributed by atoms with E-state index in [0.29, 0.717) is 11.7 Å². The van der Waals surface area contributed by atoms with E-state index in [2.05, 4.69) is 51.1 Å². The predicted octanol–water partition coefficient (Wildman–Crippen LogP) is 5.09. The molecule has 0 aliphatic heterocycles. The molecular formula is C15H19BrClN3. The van der Waals surface area contributed by atoms with Crippen LogP contribution < -0.4 is 5.32 Å². The van der Waals surface area contributed by atoms with E-state index in [1.54, 1.807) is 0 Å². The second kappa shape index (κ2) is 7.14. The highest BCUT2D eigenvalue weighted by Gasteiger charge is 2.09. The summed E-state index contributed by atoms with van der Waals surface area (Å²) < 4.78 is 1.09. The van der Waals surface area contributed by atoms with Crippen LogP contribution in [-0.4, -0.2) is 9.97 Å². The van der Waals surface area contributed by atoms with Gasteiger partial charge >= 0.3 is 0 Å². The minimum absolute atomic E-state index is 0.562. The Morgan fingerprint density at radius 2 is 2.20 bits per heavy atom. The van der Waals surface area contributed by atoms with Gasteiger partial charge in [-0.15, -0.1) is 0 Å². The fourth-order valence-electron chi connectivity index (χ4n) is 1.99. The number of unbranched alkanes of at least 4 members (excludes halogenated alkanes) is 1. The van der Waals surface area contributed by atoms with E-state index in [9.17, 15) is 0 Å². The Kier molecular flexibility index (Phi) is 5.49. The molecule has 0 unspecified atom stereocenters. The molecule has 3 nitrogen and oxygen atoms in total. The standard InChI is InChI=1S/C15H19BrClN3/c1-3-4-8-13-19-12(15(17)20-13)9-18-11-7-5-6-10(2)14(11)16/h5-7,18H,3-4,8-9H2,1-2H3,(H,19,20). The van der Waals surface area contributed by atoms with E-state index in [4.69, 9.17) is 11.6 Å². The van der Waals surface area contributed by atoms with Crippen LogP contribution in [0.5, 0.6) is 0 Å². The number of anilines is 1. The van der Waals surface area contributed by atoms with Gasteiger partial charge in [0.25, 0.3) is 0 Å². The SMILES string of the molecule is CCCCc1nc(Cl)c(CNc2cccc(C)c2Br)[nH]1. The van der Waals surface area contributed by atoms with Gasteiger partial charge in [-0.2, -0.15) is 0 Å². The molecule has 0 saturated heterocycles. The minimum atomic E-state index is 0.562. The fraction of sp³-hybridized carbons (Fsp3) is 0.400. The van der Waals surface area contributed by atoms with Gasteiger partial charge in [0.15, 0.2) is 5.15 Å². The number of benzene rings is 1. The summed E-state index contributed by atoms with van der Waals surface area (Å²) in [6.45, 7) is 4.88. The number of aryl methyl sites for hydroxylation is 2. The van der Waals surface area contributed by atoms with Crippen LogP contribution in [0.4, 0.5) is 5.69 Å². The Labute approximate surface area is 133 Å². The molecule has 0 fully saturated rings. The van der Waals surface area contributed by atoms with Crippen molar-refractivity contribution >= 4 is 33.2 Å². The average molecular weight is 357 g/mol. The molecule has 0 aliphatic carbocycles. The van der Waals surface area contributed by atoms with Gasteiger partial charge in [-0.3, -0.25) is 0 Å². The van der Waals surface area contributed by atoms with Crippen molar-refractivity contribution in [2.75, 3.05) is 5.32 Å². The summed E-state index contributed by atoms with van der Waals surface area (Å²) in [5.74, 6) is 0.969. The van der Waals surface area contributed by atoms with Crippen LogP contribution >= 0.6 is 27.5 Å². The van der Waals surface area contributed by atoms with Crippen molar-refractivity contribution < 1.29 is 0 Å². The van der Waals surface area contributed by atoms with E-state index in [0.717, 1.165) is 40.9 Å². The van der Waals surface area contributed by atoms with Crippen LogP contribution in [0, 0.1) is 6.92 Å². The largest absolute Gasteiger partial charge is 0.378 e. The van der Waals surface area contributed by atoms with Crippen LogP contribution in [0.15, 0.2) is 22.7 Å². The van der Waals surface area contributed by atoms with Gasteiger partial charge in [0.1, 0.15) is 5.82 Å². The van der Waals surface area contributed by atoms with Crippen molar-refractivity contribution in [2.45, 2.75) is 39.7 Å². The van der Waals surface area contributed by atoms with Crippen molar-refractivity contribution in [3.63, 3.8) is 0 Å². The maximum Gasteiger partial charge on any atom is 0.152 e. The molecule has 0 aliphatic rings. The lowest BCUT2D eigenvalue weighted by molar-refractivity contribution is 0.760. The lowest BCUT2D eigenvalue weighted by atomic mass is 10.2. The molecule has 20 heavy (non-hydrogen) atoms. The molecule has 0 spiro atoms. The Balaban J connectivity index is 2.03. The quantitative estimate of drug-likeness (QED) is 0.757. The fourth-order valence-corrected chi connectivity index (χ4v) is 2.61. The number of nitrogens with one attached hydrogen (secondary N) is 2. The maximum atomic E-state index is 6.17. The lowest BCUT2D eigenvalue weighted by Crippen LogP contribution is -2.01. The van der Waals surface area contributed by atoms with Crippen LogP contribution in [-0.2, 0) is 13.0 Å². The summed E-state index contributed by atoms with van der Waals surface area (Å²) in [6, 6.07) is 6.14. The van der Waals surface area contributed by atoms with E-state index in [1.807, 2.05) is 12.1 Å². The first kappa shape index (κ1) is 15.4. The van der Waals surface area contributed by atoms with Crippen LogP contribution in [0.2, 0.25) is 5.15 Å². The summed E-state index contributed by atoms with van der Waals surface area (Å²) in [4.78, 5) is 7.66. The third kappa shape index (κ3) is 3.76. The van der Waals surface area contributed by atoms with Crippen LogP contribution in [0.25, 0.3) is 0 Å². The number of imidazole rings is 1. The minimum Gasteiger partial charge on any atom is -0.378 e. The molecule has 2 rings (SSSR count). The number of rotatable bonds is 6. The van der Waals surface area contributed by atoms with Crippen molar-refractivity contribution in [2.24, 2.45) is 0 Å². The van der Waals surface area contributed by atoms with E-state index in [1.165, 1.54) is 5.56 Å². The molecule has 5 heteroatoms. The number of hydrogen-bond donors (Lipinski definition) is 2. The number of aromatic nitrogens is 2. The Morgan fingerprint density at radius 3 is 2.95 bits per heavy atom. The van der Waals surface area contributed by atoms with Crippen LogP contribution in [0.3, 0.4) is 0 Å². The molecule has 1 aromatic heterocycles. The number of H-pyrrole nitrogens is 1. The molecule has 0 radical (unpaired) electrons. The van der Waals surface area contributed by atoms with Gasteiger partial charge in [0.2, 0.25) is 0 Å². The average Bonchev–Trinajstić information content (AvgIpc) is 2.79. The van der Waals surface area contributed by atoms with Crippen LogP contribution in [0.1, 0.15) is 36.8 Å². The number of nitrogens with zero attached hydrogens (tertiary/aromatic N) is 1. The Bertz CT molecular complexity index is 580. The first-order valence-electron chi connectivity index (χ1n) is 6.84. The normalized spacial score (nSPS) is 10.8. The summed E-state index contributed by atoms with van der Waals surface area (Å²) in [6.07, 6.45) is 3.23. The number of halogens is 2. The summed E-state index contributed by atoms with van der Waals surface area (Å²) >= 11 is 9.76. The zero-order valence-corrected chi connectivity index (χ0v) is 14.1. The first-order chi connectivity index (χ1) is 9.61. The zero-order valence-electron chi connectivity index (χ0n) is 11.8. The summed E-state index contributed by atoms with van der Waals surface area (Å²) in [7, 11) is 0. The van der Waals surface area contributed by atoms with Gasteiger partial charge in [-0.05, 0) is 40.9 Å². The van der Waals surface area contributed by atoms with Crippen molar-refractivity contribution in [1.82, 2.24) is 9.97 Å². The molecule has 0 bridgehead atoms. The predicted molar refractivity (Wildman–Crippen MR) is 88.4 cm³/mol. The molecular weight excluding hydrogens is 338 g/mol. The highest BCUT2D eigenvalue weighted by Crippen LogP contribution is 2.26. The topological polar surface area (TPSA) is 40.7 Å². The highest BCUT2D eigenvalue weighted by atomic mass is 79.9. The molecule has 108 valence electrons. The van der Waals surface area contributed by atoms with Crippen molar-refractivity contribution in [3.8, 4) is 0 Å².